The lowest BCUT2D eigenvalue weighted by Crippen LogP contribution is -2.11. The summed E-state index contributed by atoms with van der Waals surface area (Å²) in [7, 11) is 0. The summed E-state index contributed by atoms with van der Waals surface area (Å²) >= 11 is 0. The second kappa shape index (κ2) is 12.8. The first-order chi connectivity index (χ1) is 18.1. The molecule has 8 nitrogen and oxygen atoms in total. The van der Waals surface area contributed by atoms with Crippen molar-refractivity contribution in [2.45, 2.75) is 26.7 Å². The van der Waals surface area contributed by atoms with Gasteiger partial charge in [0.1, 0.15) is 23.0 Å². The van der Waals surface area contributed by atoms with E-state index in [1.165, 1.54) is 30.3 Å². The predicted molar refractivity (Wildman–Crippen MR) is 139 cm³/mol. The molecule has 0 spiro atoms. The summed E-state index contributed by atoms with van der Waals surface area (Å²) < 4.78 is 21.0. The van der Waals surface area contributed by atoms with Crippen molar-refractivity contribution in [3.8, 4) is 23.0 Å². The molecule has 3 aromatic carbocycles. The third-order valence-corrected chi connectivity index (χ3v) is 5.16. The minimum Gasteiger partial charge on any atom is -0.426 e. The van der Waals surface area contributed by atoms with Gasteiger partial charge in [0.2, 0.25) is 0 Å². The molecule has 3 rings (SSSR count). The van der Waals surface area contributed by atoms with Crippen LogP contribution in [0.1, 0.15) is 34.8 Å². The maximum Gasteiger partial charge on any atom is 0.343 e. The molecule has 0 saturated heterocycles. The van der Waals surface area contributed by atoms with Gasteiger partial charge in [-0.3, -0.25) is 4.79 Å². The van der Waals surface area contributed by atoms with Gasteiger partial charge < -0.3 is 18.9 Å². The van der Waals surface area contributed by atoms with Crippen LogP contribution in [0.2, 0.25) is 0 Å². The van der Waals surface area contributed by atoms with Gasteiger partial charge in [0.05, 0.1) is 5.56 Å². The van der Waals surface area contributed by atoms with Crippen molar-refractivity contribution in [3.63, 3.8) is 0 Å². The summed E-state index contributed by atoms with van der Waals surface area (Å²) in [5.41, 5.74) is 2.05. The SMILES string of the molecule is C=CC(=O)Oc1ccc(C(=O)Oc2ccc(OC(=O)CCc3ccc(OC(=O)C(=C)C)cc3)c(C)c2)cc1. The van der Waals surface area contributed by atoms with Gasteiger partial charge in [-0.1, -0.05) is 25.3 Å². The van der Waals surface area contributed by atoms with E-state index in [-0.39, 0.29) is 23.5 Å². The smallest absolute Gasteiger partial charge is 0.343 e. The normalized spacial score (nSPS) is 10.2. The van der Waals surface area contributed by atoms with Crippen molar-refractivity contribution in [2.75, 3.05) is 0 Å². The van der Waals surface area contributed by atoms with Crippen LogP contribution in [0.5, 0.6) is 23.0 Å². The highest BCUT2D eigenvalue weighted by molar-refractivity contribution is 5.91. The zero-order valence-electron chi connectivity index (χ0n) is 21.0. The van der Waals surface area contributed by atoms with E-state index in [1.807, 2.05) is 0 Å². The van der Waals surface area contributed by atoms with Gasteiger partial charge >= 0.3 is 23.9 Å². The first kappa shape index (κ1) is 27.6. The molecular formula is C30H26O8. The van der Waals surface area contributed by atoms with Crippen molar-refractivity contribution in [1.82, 2.24) is 0 Å². The molecule has 0 bridgehead atoms. The van der Waals surface area contributed by atoms with Crippen LogP contribution in [0, 0.1) is 6.92 Å². The summed E-state index contributed by atoms with van der Waals surface area (Å²) in [5.74, 6) is -0.827. The number of rotatable bonds is 10. The Hall–Kier alpha value is -4.98. The molecule has 194 valence electrons. The van der Waals surface area contributed by atoms with Crippen LogP contribution in [-0.2, 0) is 20.8 Å². The van der Waals surface area contributed by atoms with E-state index in [2.05, 4.69) is 13.2 Å². The molecule has 0 unspecified atom stereocenters. The summed E-state index contributed by atoms with van der Waals surface area (Å²) in [6, 6.07) is 17.4. The molecule has 0 aliphatic carbocycles. The van der Waals surface area contributed by atoms with Gasteiger partial charge in [0.25, 0.3) is 0 Å². The maximum atomic E-state index is 12.4. The quantitative estimate of drug-likeness (QED) is 0.203. The lowest BCUT2D eigenvalue weighted by Gasteiger charge is -2.10. The number of aryl methyl sites for hydroxylation is 2. The number of benzene rings is 3. The van der Waals surface area contributed by atoms with Crippen LogP contribution in [0.25, 0.3) is 0 Å². The summed E-state index contributed by atoms with van der Waals surface area (Å²) in [6.45, 7) is 10.2. The van der Waals surface area contributed by atoms with Crippen molar-refractivity contribution < 1.29 is 38.1 Å². The first-order valence-corrected chi connectivity index (χ1v) is 11.6. The van der Waals surface area contributed by atoms with E-state index in [4.69, 9.17) is 18.9 Å². The lowest BCUT2D eigenvalue weighted by atomic mass is 10.1. The molecule has 0 N–H and O–H groups in total. The van der Waals surface area contributed by atoms with Crippen LogP contribution >= 0.6 is 0 Å². The molecule has 0 saturated carbocycles. The number of carbonyl (C=O) groups excluding carboxylic acids is 4. The van der Waals surface area contributed by atoms with Gasteiger partial charge in [-0.15, -0.1) is 0 Å². The molecule has 0 fully saturated rings. The Kier molecular flexibility index (Phi) is 9.31. The minimum atomic E-state index is -0.603. The van der Waals surface area contributed by atoms with E-state index < -0.39 is 23.9 Å². The average Bonchev–Trinajstić information content (AvgIpc) is 2.90. The van der Waals surface area contributed by atoms with E-state index >= 15 is 0 Å². The van der Waals surface area contributed by atoms with Crippen molar-refractivity contribution >= 4 is 23.9 Å². The molecule has 0 amide bonds. The number of hydrogen-bond donors (Lipinski definition) is 0. The molecule has 3 aromatic rings. The molecule has 8 heteroatoms. The molecule has 0 heterocycles. The Morgan fingerprint density at radius 3 is 2.00 bits per heavy atom. The zero-order chi connectivity index (χ0) is 27.7. The minimum absolute atomic E-state index is 0.138. The van der Waals surface area contributed by atoms with E-state index in [9.17, 15) is 19.2 Å². The number of esters is 4. The predicted octanol–water partition coefficient (Wildman–Crippen LogP) is 5.33. The fraction of sp³-hybridized carbons (Fsp3) is 0.133. The molecule has 0 aliphatic rings. The maximum absolute atomic E-state index is 12.4. The highest BCUT2D eigenvalue weighted by atomic mass is 16.5. The molecule has 0 radical (unpaired) electrons. The van der Waals surface area contributed by atoms with Gasteiger partial charge in [0, 0.05) is 18.1 Å². The fourth-order valence-corrected chi connectivity index (χ4v) is 3.12. The molecule has 38 heavy (non-hydrogen) atoms. The fourth-order valence-electron chi connectivity index (χ4n) is 3.12. The Morgan fingerprint density at radius 2 is 1.39 bits per heavy atom. The first-order valence-electron chi connectivity index (χ1n) is 11.6. The third-order valence-electron chi connectivity index (χ3n) is 5.16. The number of ether oxygens (including phenoxy) is 4. The van der Waals surface area contributed by atoms with Crippen LogP contribution in [0.3, 0.4) is 0 Å². The summed E-state index contributed by atoms with van der Waals surface area (Å²) in [5, 5.41) is 0. The Balaban J connectivity index is 1.51. The van der Waals surface area contributed by atoms with E-state index in [0.29, 0.717) is 29.1 Å². The third kappa shape index (κ3) is 8.03. The van der Waals surface area contributed by atoms with Gasteiger partial charge in [-0.05, 0) is 86.0 Å². The number of hydrogen-bond acceptors (Lipinski definition) is 8. The van der Waals surface area contributed by atoms with E-state index in [0.717, 1.165) is 11.6 Å². The Labute approximate surface area is 220 Å². The van der Waals surface area contributed by atoms with Crippen molar-refractivity contribution in [3.05, 3.63) is 108 Å². The largest absolute Gasteiger partial charge is 0.426 e. The second-order valence-corrected chi connectivity index (χ2v) is 8.25. The Bertz CT molecular complexity index is 1370. The van der Waals surface area contributed by atoms with Gasteiger partial charge in [-0.2, -0.15) is 0 Å². The van der Waals surface area contributed by atoms with Crippen LogP contribution in [0.15, 0.2) is 91.5 Å². The van der Waals surface area contributed by atoms with Crippen molar-refractivity contribution in [1.29, 1.82) is 0 Å². The summed E-state index contributed by atoms with van der Waals surface area (Å²) in [4.78, 5) is 47.6. The van der Waals surface area contributed by atoms with Crippen LogP contribution in [0.4, 0.5) is 0 Å². The van der Waals surface area contributed by atoms with Gasteiger partial charge in [-0.25, -0.2) is 14.4 Å². The lowest BCUT2D eigenvalue weighted by molar-refractivity contribution is -0.134. The molecule has 0 aliphatic heterocycles. The molecular weight excluding hydrogens is 488 g/mol. The monoisotopic (exact) mass is 514 g/mol. The van der Waals surface area contributed by atoms with E-state index in [1.54, 1.807) is 50.2 Å². The highest BCUT2D eigenvalue weighted by Crippen LogP contribution is 2.25. The number of carbonyl (C=O) groups is 4. The summed E-state index contributed by atoms with van der Waals surface area (Å²) in [6.07, 6.45) is 1.62. The molecule has 0 aromatic heterocycles. The standard InChI is InChI=1S/C30H26O8/c1-5-27(31)35-23-13-9-22(10-14-23)30(34)37-25-15-16-26(20(4)18-25)38-28(32)17-8-21-6-11-24(12-7-21)36-29(33)19(2)3/h5-7,9-16,18H,1-2,8,17H2,3-4H3. The molecule has 0 atom stereocenters. The topological polar surface area (TPSA) is 105 Å². The van der Waals surface area contributed by atoms with Gasteiger partial charge in [0.15, 0.2) is 0 Å². The highest BCUT2D eigenvalue weighted by Gasteiger charge is 2.13. The zero-order valence-corrected chi connectivity index (χ0v) is 21.0. The Morgan fingerprint density at radius 1 is 0.789 bits per heavy atom. The average molecular weight is 515 g/mol. The second-order valence-electron chi connectivity index (χ2n) is 8.25. The van der Waals surface area contributed by atoms with Crippen LogP contribution < -0.4 is 18.9 Å². The van der Waals surface area contributed by atoms with Crippen molar-refractivity contribution in [2.24, 2.45) is 0 Å². The van der Waals surface area contributed by atoms with Crippen LogP contribution in [-0.4, -0.2) is 23.9 Å².